The fourth-order valence-corrected chi connectivity index (χ4v) is 3.41. The summed E-state index contributed by atoms with van der Waals surface area (Å²) in [5.41, 5.74) is 0. The quantitative estimate of drug-likeness (QED) is 0.612. The summed E-state index contributed by atoms with van der Waals surface area (Å²) < 4.78 is 27.5. The van der Waals surface area contributed by atoms with Crippen LogP contribution in [-0.4, -0.2) is 33.6 Å². The lowest BCUT2D eigenvalue weighted by atomic mass is 10.3. The van der Waals surface area contributed by atoms with Crippen molar-refractivity contribution < 1.29 is 17.9 Å². The van der Waals surface area contributed by atoms with Crippen LogP contribution in [0, 0.1) is 0 Å². The number of carbonyl (C=O) groups is 1. The van der Waals surface area contributed by atoms with E-state index in [1.54, 1.807) is 6.07 Å². The molecule has 1 aromatic rings. The Morgan fingerprint density at radius 3 is 2.68 bits per heavy atom. The summed E-state index contributed by atoms with van der Waals surface area (Å²) in [6, 6.07) is 2.99. The van der Waals surface area contributed by atoms with E-state index in [2.05, 4.69) is 5.32 Å². The van der Waals surface area contributed by atoms with Gasteiger partial charge in [-0.3, -0.25) is 4.79 Å². The van der Waals surface area contributed by atoms with Gasteiger partial charge in [0.15, 0.2) is 0 Å². The van der Waals surface area contributed by atoms with E-state index < -0.39 is 9.05 Å². The lowest BCUT2D eigenvalue weighted by Crippen LogP contribution is -2.29. The molecule has 8 heteroatoms. The fourth-order valence-electron chi connectivity index (χ4n) is 1.29. The molecular formula is C11H16ClNO4S2. The predicted molar refractivity (Wildman–Crippen MR) is 75.2 cm³/mol. The minimum atomic E-state index is -3.71. The van der Waals surface area contributed by atoms with E-state index in [0.717, 1.165) is 11.3 Å². The number of hydrogen-bond donors (Lipinski definition) is 1. The highest BCUT2D eigenvalue weighted by atomic mass is 35.7. The van der Waals surface area contributed by atoms with E-state index in [4.69, 9.17) is 15.4 Å². The van der Waals surface area contributed by atoms with Crippen LogP contribution in [0.25, 0.3) is 0 Å². The van der Waals surface area contributed by atoms with E-state index in [0.29, 0.717) is 18.0 Å². The number of carbonyl (C=O) groups excluding carboxylic acids is 1. The monoisotopic (exact) mass is 325 g/mol. The van der Waals surface area contributed by atoms with Gasteiger partial charge in [0.05, 0.1) is 19.1 Å². The molecule has 0 fully saturated rings. The van der Waals surface area contributed by atoms with Crippen molar-refractivity contribution in [3.63, 3.8) is 0 Å². The number of halogens is 1. The molecule has 108 valence electrons. The number of rotatable bonds is 7. The van der Waals surface area contributed by atoms with Crippen LogP contribution in [0.15, 0.2) is 16.3 Å². The maximum absolute atomic E-state index is 11.6. The maximum Gasteiger partial charge on any atom is 0.270 e. The highest BCUT2D eigenvalue weighted by Crippen LogP contribution is 2.24. The van der Waals surface area contributed by atoms with Crippen molar-refractivity contribution in [2.45, 2.75) is 30.6 Å². The fraction of sp³-hybridized carbons (Fsp3) is 0.545. The van der Waals surface area contributed by atoms with Gasteiger partial charge < -0.3 is 10.1 Å². The van der Waals surface area contributed by atoms with E-state index in [1.807, 2.05) is 13.8 Å². The Balaban J connectivity index is 2.39. The number of nitrogens with one attached hydrogen (secondary N) is 1. The lowest BCUT2D eigenvalue weighted by molar-refractivity contribution is -0.120. The van der Waals surface area contributed by atoms with Gasteiger partial charge in [0, 0.05) is 22.1 Å². The van der Waals surface area contributed by atoms with Crippen molar-refractivity contribution in [3.05, 3.63) is 17.0 Å². The molecular weight excluding hydrogens is 310 g/mol. The molecule has 1 heterocycles. The highest BCUT2D eigenvalue weighted by Gasteiger charge is 2.14. The summed E-state index contributed by atoms with van der Waals surface area (Å²) in [4.78, 5) is 12.2. The average molecular weight is 326 g/mol. The standard InChI is InChI=1S/C11H16ClNO4S2/c1-8(2)17-6-5-13-10(14)7-9-3-4-11(18-9)19(12,15)16/h3-4,8H,5-7H2,1-2H3,(H,13,14). The van der Waals surface area contributed by atoms with E-state index >= 15 is 0 Å². The molecule has 1 aromatic heterocycles. The van der Waals surface area contributed by atoms with E-state index in [-0.39, 0.29) is 22.6 Å². The first kappa shape index (κ1) is 16.4. The topological polar surface area (TPSA) is 72.5 Å². The molecule has 1 rings (SSSR count). The van der Waals surface area contributed by atoms with Gasteiger partial charge in [0.1, 0.15) is 4.21 Å². The first-order chi connectivity index (χ1) is 8.79. The average Bonchev–Trinajstić information content (AvgIpc) is 2.72. The summed E-state index contributed by atoms with van der Waals surface area (Å²) in [6.45, 7) is 4.72. The maximum atomic E-state index is 11.6. The lowest BCUT2D eigenvalue weighted by Gasteiger charge is -2.08. The Hall–Kier alpha value is -0.630. The summed E-state index contributed by atoms with van der Waals surface area (Å²) in [6.07, 6.45) is 0.268. The zero-order valence-corrected chi connectivity index (χ0v) is 13.1. The Morgan fingerprint density at radius 1 is 1.47 bits per heavy atom. The summed E-state index contributed by atoms with van der Waals surface area (Å²) in [7, 11) is 1.50. The third-order valence-electron chi connectivity index (χ3n) is 2.09. The third-order valence-corrected chi connectivity index (χ3v) is 5.27. The van der Waals surface area contributed by atoms with Crippen molar-refractivity contribution in [2.24, 2.45) is 0 Å². The van der Waals surface area contributed by atoms with Gasteiger partial charge in [-0.05, 0) is 26.0 Å². The summed E-state index contributed by atoms with van der Waals surface area (Å²) in [5, 5.41) is 2.69. The second-order valence-electron chi connectivity index (χ2n) is 4.10. The molecule has 0 aromatic carbocycles. The van der Waals surface area contributed by atoms with Gasteiger partial charge in [-0.25, -0.2) is 8.42 Å². The predicted octanol–water partition coefficient (Wildman–Crippen LogP) is 1.76. The van der Waals surface area contributed by atoms with Gasteiger partial charge >= 0.3 is 0 Å². The Bertz CT molecular complexity index is 525. The molecule has 0 aliphatic heterocycles. The van der Waals surface area contributed by atoms with Crippen LogP contribution in [0.1, 0.15) is 18.7 Å². The molecule has 19 heavy (non-hydrogen) atoms. The normalized spacial score (nSPS) is 11.8. The molecule has 0 radical (unpaired) electrons. The number of hydrogen-bond acceptors (Lipinski definition) is 5. The van der Waals surface area contributed by atoms with Crippen LogP contribution >= 0.6 is 22.0 Å². The van der Waals surface area contributed by atoms with Crippen molar-refractivity contribution in [1.29, 1.82) is 0 Å². The molecule has 0 unspecified atom stereocenters. The van der Waals surface area contributed by atoms with Crippen LogP contribution in [0.4, 0.5) is 0 Å². The second kappa shape index (κ2) is 7.23. The molecule has 0 aliphatic rings. The Kier molecular flexibility index (Phi) is 6.25. The Morgan fingerprint density at radius 2 is 2.16 bits per heavy atom. The summed E-state index contributed by atoms with van der Waals surface area (Å²) in [5.74, 6) is -0.173. The van der Waals surface area contributed by atoms with E-state index in [9.17, 15) is 13.2 Å². The molecule has 1 amide bonds. The summed E-state index contributed by atoms with van der Waals surface area (Å²) >= 11 is 1.00. The van der Waals surface area contributed by atoms with Gasteiger partial charge in [-0.2, -0.15) is 0 Å². The minimum absolute atomic E-state index is 0.0557. The Labute approximate surface area is 121 Å². The number of ether oxygens (including phenoxy) is 1. The van der Waals surface area contributed by atoms with Gasteiger partial charge in [-0.1, -0.05) is 0 Å². The zero-order chi connectivity index (χ0) is 14.5. The van der Waals surface area contributed by atoms with Crippen molar-refractivity contribution in [2.75, 3.05) is 13.2 Å². The molecule has 0 saturated heterocycles. The molecule has 0 saturated carbocycles. The van der Waals surface area contributed by atoms with Gasteiger partial charge in [0.25, 0.3) is 9.05 Å². The molecule has 1 N–H and O–H groups in total. The van der Waals surface area contributed by atoms with Crippen LogP contribution in [0.2, 0.25) is 0 Å². The van der Waals surface area contributed by atoms with Gasteiger partial charge in [-0.15, -0.1) is 11.3 Å². The first-order valence-corrected chi connectivity index (χ1v) is 8.83. The largest absolute Gasteiger partial charge is 0.377 e. The molecule has 0 aliphatic carbocycles. The van der Waals surface area contributed by atoms with Crippen LogP contribution in [0.3, 0.4) is 0 Å². The molecule has 0 bridgehead atoms. The van der Waals surface area contributed by atoms with Crippen LogP contribution < -0.4 is 5.32 Å². The second-order valence-corrected chi connectivity index (χ2v) is 8.07. The zero-order valence-electron chi connectivity index (χ0n) is 10.7. The SMILES string of the molecule is CC(C)OCCNC(=O)Cc1ccc(S(=O)(=O)Cl)s1. The van der Waals surface area contributed by atoms with Crippen molar-refractivity contribution in [1.82, 2.24) is 5.32 Å². The van der Waals surface area contributed by atoms with E-state index in [1.165, 1.54) is 6.07 Å². The van der Waals surface area contributed by atoms with Crippen molar-refractivity contribution >= 4 is 37.0 Å². The van der Waals surface area contributed by atoms with Crippen LogP contribution in [-0.2, 0) is 25.0 Å². The molecule has 5 nitrogen and oxygen atoms in total. The third kappa shape index (κ3) is 6.38. The first-order valence-electron chi connectivity index (χ1n) is 5.70. The molecule has 0 spiro atoms. The van der Waals surface area contributed by atoms with Gasteiger partial charge in [0.2, 0.25) is 5.91 Å². The highest BCUT2D eigenvalue weighted by molar-refractivity contribution is 8.15. The van der Waals surface area contributed by atoms with Crippen molar-refractivity contribution in [3.8, 4) is 0 Å². The number of amides is 1. The van der Waals surface area contributed by atoms with Crippen LogP contribution in [0.5, 0.6) is 0 Å². The minimum Gasteiger partial charge on any atom is -0.377 e. The number of thiophene rings is 1. The molecule has 0 atom stereocenters. The smallest absolute Gasteiger partial charge is 0.270 e.